The second-order valence-corrected chi connectivity index (χ2v) is 7.28. The standard InChI is InChI=1S/C20H27N3O/c1-14-10-20(23-9-3-4-17(23)13-24-2)18-8-7-16(11-19(18)22-14)21-12-15-5-6-15/h7-8,10-11,15,17,21H,3-6,9,12-13H2,1-2H3/t17-/m0/s1. The van der Waals surface area contributed by atoms with E-state index in [9.17, 15) is 0 Å². The Kier molecular flexibility index (Phi) is 4.31. The van der Waals surface area contributed by atoms with Crippen LogP contribution >= 0.6 is 0 Å². The molecule has 4 nitrogen and oxygen atoms in total. The van der Waals surface area contributed by atoms with Gasteiger partial charge in [-0.25, -0.2) is 0 Å². The molecule has 2 fully saturated rings. The Bertz CT molecular complexity index is 726. The van der Waals surface area contributed by atoms with Crippen LogP contribution in [-0.4, -0.2) is 37.8 Å². The fourth-order valence-corrected chi connectivity index (χ4v) is 3.79. The van der Waals surface area contributed by atoms with Gasteiger partial charge in [-0.05, 0) is 62.8 Å². The number of rotatable bonds is 6. The molecular formula is C20H27N3O. The smallest absolute Gasteiger partial charge is 0.0746 e. The Hall–Kier alpha value is -1.81. The van der Waals surface area contributed by atoms with Gasteiger partial charge in [-0.15, -0.1) is 0 Å². The Morgan fingerprint density at radius 2 is 2.12 bits per heavy atom. The first kappa shape index (κ1) is 15.7. The summed E-state index contributed by atoms with van der Waals surface area (Å²) in [6.07, 6.45) is 5.19. The summed E-state index contributed by atoms with van der Waals surface area (Å²) in [5.41, 5.74) is 4.67. The molecule has 1 aromatic heterocycles. The summed E-state index contributed by atoms with van der Waals surface area (Å²) in [5.74, 6) is 0.876. The molecule has 1 N–H and O–H groups in total. The van der Waals surface area contributed by atoms with Crippen molar-refractivity contribution in [2.45, 2.75) is 38.6 Å². The number of aromatic nitrogens is 1. The van der Waals surface area contributed by atoms with Crippen LogP contribution < -0.4 is 10.2 Å². The van der Waals surface area contributed by atoms with Crippen molar-refractivity contribution >= 4 is 22.3 Å². The van der Waals surface area contributed by atoms with Gasteiger partial charge < -0.3 is 15.0 Å². The van der Waals surface area contributed by atoms with Gasteiger partial charge in [-0.1, -0.05) is 0 Å². The van der Waals surface area contributed by atoms with Crippen LogP contribution in [0.2, 0.25) is 0 Å². The Balaban J connectivity index is 1.66. The minimum Gasteiger partial charge on any atom is -0.385 e. The van der Waals surface area contributed by atoms with E-state index in [4.69, 9.17) is 9.72 Å². The van der Waals surface area contributed by atoms with Gasteiger partial charge >= 0.3 is 0 Å². The minimum atomic E-state index is 0.479. The summed E-state index contributed by atoms with van der Waals surface area (Å²) in [4.78, 5) is 7.30. The highest BCUT2D eigenvalue weighted by Crippen LogP contribution is 2.34. The fraction of sp³-hybridized carbons (Fsp3) is 0.550. The van der Waals surface area contributed by atoms with E-state index in [-0.39, 0.29) is 0 Å². The van der Waals surface area contributed by atoms with Gasteiger partial charge in [0, 0.05) is 42.7 Å². The Labute approximate surface area is 144 Å². The molecule has 1 atom stereocenters. The van der Waals surface area contributed by atoms with E-state index in [2.05, 4.69) is 41.4 Å². The number of methoxy groups -OCH3 is 1. The van der Waals surface area contributed by atoms with Crippen molar-refractivity contribution in [1.82, 2.24) is 4.98 Å². The van der Waals surface area contributed by atoms with Crippen LogP contribution in [0.5, 0.6) is 0 Å². The van der Waals surface area contributed by atoms with Crippen LogP contribution in [0.3, 0.4) is 0 Å². The summed E-state index contributed by atoms with van der Waals surface area (Å²) in [6.45, 7) is 5.08. The number of benzene rings is 1. The molecule has 2 aromatic rings. The van der Waals surface area contributed by atoms with Crippen molar-refractivity contribution in [3.63, 3.8) is 0 Å². The minimum absolute atomic E-state index is 0.479. The van der Waals surface area contributed by atoms with Crippen LogP contribution in [-0.2, 0) is 4.74 Å². The number of aryl methyl sites for hydroxylation is 1. The topological polar surface area (TPSA) is 37.4 Å². The van der Waals surface area contributed by atoms with E-state index >= 15 is 0 Å². The number of hydrogen-bond acceptors (Lipinski definition) is 4. The van der Waals surface area contributed by atoms with Gasteiger partial charge in [-0.3, -0.25) is 4.98 Å². The lowest BCUT2D eigenvalue weighted by Gasteiger charge is -2.28. The molecule has 0 unspecified atom stereocenters. The first-order valence-corrected chi connectivity index (χ1v) is 9.15. The van der Waals surface area contributed by atoms with E-state index in [1.165, 1.54) is 42.4 Å². The van der Waals surface area contributed by atoms with Crippen molar-refractivity contribution in [2.24, 2.45) is 5.92 Å². The maximum absolute atomic E-state index is 5.43. The Morgan fingerprint density at radius 1 is 1.25 bits per heavy atom. The first-order valence-electron chi connectivity index (χ1n) is 9.15. The zero-order valence-electron chi connectivity index (χ0n) is 14.7. The van der Waals surface area contributed by atoms with Crippen LogP contribution in [0.1, 0.15) is 31.4 Å². The van der Waals surface area contributed by atoms with Crippen molar-refractivity contribution in [3.05, 3.63) is 30.0 Å². The third kappa shape index (κ3) is 3.20. The molecule has 4 rings (SSSR count). The predicted octanol–water partition coefficient (Wildman–Crippen LogP) is 3.98. The number of ether oxygens (including phenoxy) is 1. The molecule has 0 spiro atoms. The summed E-state index contributed by atoms with van der Waals surface area (Å²) < 4.78 is 5.43. The van der Waals surface area contributed by atoms with Gasteiger partial charge in [0.2, 0.25) is 0 Å². The molecule has 24 heavy (non-hydrogen) atoms. The van der Waals surface area contributed by atoms with Gasteiger partial charge in [0.05, 0.1) is 18.2 Å². The van der Waals surface area contributed by atoms with Gasteiger partial charge in [0.15, 0.2) is 0 Å². The molecule has 2 aliphatic rings. The van der Waals surface area contributed by atoms with Crippen molar-refractivity contribution < 1.29 is 4.74 Å². The quantitative estimate of drug-likeness (QED) is 0.872. The normalized spacial score (nSPS) is 20.8. The average Bonchev–Trinajstić information content (AvgIpc) is 3.30. The number of pyridine rings is 1. The molecule has 128 valence electrons. The lowest BCUT2D eigenvalue weighted by Crippen LogP contribution is -2.33. The van der Waals surface area contributed by atoms with Gasteiger partial charge in [0.25, 0.3) is 0 Å². The number of anilines is 2. The largest absolute Gasteiger partial charge is 0.385 e. The number of nitrogens with zero attached hydrogens (tertiary/aromatic N) is 2. The maximum Gasteiger partial charge on any atom is 0.0746 e. The Morgan fingerprint density at radius 3 is 2.92 bits per heavy atom. The van der Waals surface area contributed by atoms with E-state index in [1.54, 1.807) is 7.11 Å². The molecule has 1 aliphatic carbocycles. The van der Waals surface area contributed by atoms with Crippen molar-refractivity contribution in [2.75, 3.05) is 37.0 Å². The molecule has 1 aromatic carbocycles. The maximum atomic E-state index is 5.43. The second kappa shape index (κ2) is 6.60. The highest BCUT2D eigenvalue weighted by molar-refractivity contribution is 5.94. The summed E-state index contributed by atoms with van der Waals surface area (Å²) in [7, 11) is 1.80. The molecule has 1 saturated heterocycles. The third-order valence-corrected chi connectivity index (χ3v) is 5.25. The molecule has 4 heteroatoms. The summed E-state index contributed by atoms with van der Waals surface area (Å²) in [5, 5.41) is 4.81. The third-order valence-electron chi connectivity index (χ3n) is 5.25. The summed E-state index contributed by atoms with van der Waals surface area (Å²) >= 11 is 0. The molecule has 1 aliphatic heterocycles. The van der Waals surface area contributed by atoms with Gasteiger partial charge in [0.1, 0.15) is 0 Å². The molecule has 0 radical (unpaired) electrons. The lowest BCUT2D eigenvalue weighted by atomic mass is 10.1. The zero-order chi connectivity index (χ0) is 16.5. The van der Waals surface area contributed by atoms with Gasteiger partial charge in [-0.2, -0.15) is 0 Å². The fourth-order valence-electron chi connectivity index (χ4n) is 3.79. The predicted molar refractivity (Wildman–Crippen MR) is 99.9 cm³/mol. The lowest BCUT2D eigenvalue weighted by molar-refractivity contribution is 0.181. The molecule has 2 heterocycles. The highest BCUT2D eigenvalue weighted by atomic mass is 16.5. The zero-order valence-corrected chi connectivity index (χ0v) is 14.7. The average molecular weight is 325 g/mol. The van der Waals surface area contributed by atoms with Crippen LogP contribution in [0.15, 0.2) is 24.3 Å². The van der Waals surface area contributed by atoms with E-state index in [0.29, 0.717) is 6.04 Å². The van der Waals surface area contributed by atoms with Crippen molar-refractivity contribution in [1.29, 1.82) is 0 Å². The highest BCUT2D eigenvalue weighted by Gasteiger charge is 2.26. The van der Waals surface area contributed by atoms with Crippen LogP contribution in [0.25, 0.3) is 10.9 Å². The van der Waals surface area contributed by atoms with Crippen LogP contribution in [0.4, 0.5) is 11.4 Å². The van der Waals surface area contributed by atoms with Crippen LogP contribution in [0, 0.1) is 12.8 Å². The monoisotopic (exact) mass is 325 g/mol. The second-order valence-electron chi connectivity index (χ2n) is 7.28. The molecule has 0 amide bonds. The molecule has 0 bridgehead atoms. The van der Waals surface area contributed by atoms with E-state index in [0.717, 1.165) is 36.8 Å². The number of fused-ring (bicyclic) bond motifs is 1. The summed E-state index contributed by atoms with van der Waals surface area (Å²) in [6, 6.07) is 9.34. The number of nitrogens with one attached hydrogen (secondary N) is 1. The van der Waals surface area contributed by atoms with E-state index < -0.39 is 0 Å². The molecular weight excluding hydrogens is 298 g/mol. The first-order chi connectivity index (χ1) is 11.7. The molecule has 1 saturated carbocycles. The number of hydrogen-bond donors (Lipinski definition) is 1. The van der Waals surface area contributed by atoms with Crippen molar-refractivity contribution in [3.8, 4) is 0 Å². The van der Waals surface area contributed by atoms with E-state index in [1.807, 2.05) is 0 Å². The SMILES string of the molecule is COC[C@@H]1CCCN1c1cc(C)nc2cc(NCC3CC3)ccc12.